The second kappa shape index (κ2) is 7.21. The van der Waals surface area contributed by atoms with Gasteiger partial charge in [0.15, 0.2) is 5.69 Å². The van der Waals surface area contributed by atoms with Crippen LogP contribution in [0, 0.1) is 0 Å². The predicted molar refractivity (Wildman–Crippen MR) is 93.2 cm³/mol. The minimum Gasteiger partial charge on any atom is -0.361 e. The van der Waals surface area contributed by atoms with Crippen LogP contribution in [-0.2, 0) is 17.6 Å². The van der Waals surface area contributed by atoms with E-state index in [1.807, 2.05) is 30.5 Å². The van der Waals surface area contributed by atoms with Gasteiger partial charge in [-0.05, 0) is 18.1 Å². The van der Waals surface area contributed by atoms with Gasteiger partial charge in [0.1, 0.15) is 5.76 Å². The Morgan fingerprint density at radius 2 is 2.08 bits per heavy atom. The van der Waals surface area contributed by atoms with Gasteiger partial charge in [-0.2, -0.15) is 0 Å². The highest BCUT2D eigenvalue weighted by Gasteiger charge is 2.18. The molecule has 1 unspecified atom stereocenters. The number of aromatic amines is 1. The van der Waals surface area contributed by atoms with E-state index in [0.29, 0.717) is 18.6 Å². The predicted octanol–water partition coefficient (Wildman–Crippen LogP) is 1.81. The summed E-state index contributed by atoms with van der Waals surface area (Å²) in [6, 6.07) is 9.45. The van der Waals surface area contributed by atoms with E-state index in [0.717, 1.165) is 16.5 Å². The van der Waals surface area contributed by atoms with E-state index in [-0.39, 0.29) is 23.6 Å². The molecule has 0 aliphatic rings. The zero-order chi connectivity index (χ0) is 17.8. The van der Waals surface area contributed by atoms with Gasteiger partial charge in [-0.3, -0.25) is 9.59 Å². The topological polar surface area (TPSA) is 100 Å². The van der Waals surface area contributed by atoms with Crippen LogP contribution in [0.3, 0.4) is 0 Å². The maximum absolute atomic E-state index is 11.6. The molecule has 0 radical (unpaired) electrons. The first-order chi connectivity index (χ1) is 12.1. The van der Waals surface area contributed by atoms with Crippen LogP contribution in [-0.4, -0.2) is 35.0 Å². The summed E-state index contributed by atoms with van der Waals surface area (Å²) in [6.07, 6.45) is 3.04. The van der Waals surface area contributed by atoms with Gasteiger partial charge in [0.05, 0.1) is 0 Å². The number of amides is 2. The monoisotopic (exact) mass is 340 g/mol. The second-order valence-corrected chi connectivity index (χ2v) is 5.92. The average Bonchev–Trinajstić information content (AvgIpc) is 3.21. The standard InChI is InChI=1S/C18H20N4O3/c1-11(23)21-13(8-14-9-17(22-25-14)18(24)19-2)7-12-10-20-16-6-4-3-5-15(12)16/h3-6,9-10,13,20H,7-8H2,1-2H3,(H,19,24)(H,21,23). The van der Waals surface area contributed by atoms with Crippen molar-refractivity contribution in [3.05, 3.63) is 53.5 Å². The molecular formula is C18H20N4O3. The van der Waals surface area contributed by atoms with Crippen LogP contribution in [0.5, 0.6) is 0 Å². The molecule has 0 bridgehead atoms. The molecule has 3 rings (SSSR count). The fraction of sp³-hybridized carbons (Fsp3) is 0.278. The zero-order valence-corrected chi connectivity index (χ0v) is 14.1. The van der Waals surface area contributed by atoms with E-state index in [1.54, 1.807) is 6.07 Å². The van der Waals surface area contributed by atoms with E-state index < -0.39 is 0 Å². The van der Waals surface area contributed by atoms with Crippen molar-refractivity contribution >= 4 is 22.7 Å². The Bertz CT molecular complexity index is 897. The van der Waals surface area contributed by atoms with Crippen LogP contribution < -0.4 is 10.6 Å². The number of carbonyl (C=O) groups excluding carboxylic acids is 2. The Morgan fingerprint density at radius 1 is 1.28 bits per heavy atom. The van der Waals surface area contributed by atoms with Gasteiger partial charge >= 0.3 is 0 Å². The number of H-pyrrole nitrogens is 1. The normalized spacial score (nSPS) is 12.1. The molecule has 2 aromatic heterocycles. The number of nitrogens with one attached hydrogen (secondary N) is 3. The molecule has 0 fully saturated rings. The van der Waals surface area contributed by atoms with E-state index >= 15 is 0 Å². The number of hydrogen-bond acceptors (Lipinski definition) is 4. The quantitative estimate of drug-likeness (QED) is 0.637. The van der Waals surface area contributed by atoms with Crippen molar-refractivity contribution < 1.29 is 14.1 Å². The van der Waals surface area contributed by atoms with Crippen molar-refractivity contribution in [2.45, 2.75) is 25.8 Å². The second-order valence-electron chi connectivity index (χ2n) is 5.92. The van der Waals surface area contributed by atoms with Crippen LogP contribution >= 0.6 is 0 Å². The molecule has 130 valence electrons. The van der Waals surface area contributed by atoms with Crippen LogP contribution in [0.2, 0.25) is 0 Å². The fourth-order valence-corrected chi connectivity index (χ4v) is 2.91. The molecule has 25 heavy (non-hydrogen) atoms. The number of fused-ring (bicyclic) bond motifs is 1. The Kier molecular flexibility index (Phi) is 4.83. The molecule has 0 aliphatic carbocycles. The molecule has 1 aromatic carbocycles. The first kappa shape index (κ1) is 16.8. The van der Waals surface area contributed by atoms with Crippen molar-refractivity contribution in [3.8, 4) is 0 Å². The summed E-state index contributed by atoms with van der Waals surface area (Å²) < 4.78 is 5.24. The molecule has 1 atom stereocenters. The first-order valence-electron chi connectivity index (χ1n) is 8.06. The third-order valence-corrected chi connectivity index (χ3v) is 4.01. The van der Waals surface area contributed by atoms with Crippen LogP contribution in [0.4, 0.5) is 0 Å². The van der Waals surface area contributed by atoms with Crippen molar-refractivity contribution in [1.29, 1.82) is 0 Å². The largest absolute Gasteiger partial charge is 0.361 e. The molecule has 7 heteroatoms. The molecule has 0 saturated heterocycles. The summed E-state index contributed by atoms with van der Waals surface area (Å²) in [6.45, 7) is 1.48. The molecule has 0 saturated carbocycles. The molecule has 2 amide bonds. The summed E-state index contributed by atoms with van der Waals surface area (Å²) in [4.78, 5) is 26.4. The van der Waals surface area contributed by atoms with Gasteiger partial charge in [0, 0.05) is 49.6 Å². The number of rotatable bonds is 6. The van der Waals surface area contributed by atoms with Gasteiger partial charge < -0.3 is 20.1 Å². The van der Waals surface area contributed by atoms with Gasteiger partial charge in [-0.25, -0.2) is 0 Å². The van der Waals surface area contributed by atoms with E-state index in [9.17, 15) is 9.59 Å². The van der Waals surface area contributed by atoms with Gasteiger partial charge in [-0.15, -0.1) is 0 Å². The molecular weight excluding hydrogens is 320 g/mol. The molecule has 7 nitrogen and oxygen atoms in total. The lowest BCUT2D eigenvalue weighted by molar-refractivity contribution is -0.119. The summed E-state index contributed by atoms with van der Waals surface area (Å²) in [7, 11) is 1.54. The van der Waals surface area contributed by atoms with E-state index in [4.69, 9.17) is 4.52 Å². The van der Waals surface area contributed by atoms with Crippen molar-refractivity contribution in [1.82, 2.24) is 20.8 Å². The Labute approximate surface area is 144 Å². The smallest absolute Gasteiger partial charge is 0.273 e. The lowest BCUT2D eigenvalue weighted by atomic mass is 10.0. The summed E-state index contributed by atoms with van der Waals surface area (Å²) in [5.74, 6) is 0.135. The number of aromatic nitrogens is 2. The van der Waals surface area contributed by atoms with Crippen LogP contribution in [0.25, 0.3) is 10.9 Å². The van der Waals surface area contributed by atoms with Crippen LogP contribution in [0.1, 0.15) is 28.7 Å². The molecule has 3 aromatic rings. The lowest BCUT2D eigenvalue weighted by Crippen LogP contribution is -2.36. The highest BCUT2D eigenvalue weighted by Crippen LogP contribution is 2.20. The average molecular weight is 340 g/mol. The van der Waals surface area contributed by atoms with Crippen molar-refractivity contribution in [3.63, 3.8) is 0 Å². The Hall–Kier alpha value is -3.09. The van der Waals surface area contributed by atoms with E-state index in [1.165, 1.54) is 14.0 Å². The Morgan fingerprint density at radius 3 is 2.84 bits per heavy atom. The van der Waals surface area contributed by atoms with Gasteiger partial charge in [0.2, 0.25) is 5.91 Å². The number of hydrogen-bond donors (Lipinski definition) is 3. The van der Waals surface area contributed by atoms with Crippen molar-refractivity contribution in [2.75, 3.05) is 7.05 Å². The maximum Gasteiger partial charge on any atom is 0.273 e. The maximum atomic E-state index is 11.6. The number of para-hydroxylation sites is 1. The van der Waals surface area contributed by atoms with E-state index in [2.05, 4.69) is 20.8 Å². The molecule has 3 N–H and O–H groups in total. The third kappa shape index (κ3) is 3.88. The first-order valence-corrected chi connectivity index (χ1v) is 8.06. The van der Waals surface area contributed by atoms with Gasteiger partial charge in [-0.1, -0.05) is 23.4 Å². The highest BCUT2D eigenvalue weighted by atomic mass is 16.5. The van der Waals surface area contributed by atoms with Crippen LogP contribution in [0.15, 0.2) is 41.1 Å². The molecule has 2 heterocycles. The minimum atomic E-state index is -0.303. The molecule has 0 spiro atoms. The summed E-state index contributed by atoms with van der Waals surface area (Å²) >= 11 is 0. The number of carbonyl (C=O) groups is 2. The fourth-order valence-electron chi connectivity index (χ4n) is 2.91. The van der Waals surface area contributed by atoms with Gasteiger partial charge in [0.25, 0.3) is 5.91 Å². The minimum absolute atomic E-state index is 0.115. The summed E-state index contributed by atoms with van der Waals surface area (Å²) in [5, 5.41) is 10.3. The SMILES string of the molecule is CNC(=O)c1cc(CC(Cc2c[nH]c3ccccc23)NC(C)=O)on1. The zero-order valence-electron chi connectivity index (χ0n) is 14.1. The summed E-state index contributed by atoms with van der Waals surface area (Å²) in [5.41, 5.74) is 2.40. The molecule has 0 aliphatic heterocycles. The van der Waals surface area contributed by atoms with Crippen molar-refractivity contribution in [2.24, 2.45) is 0 Å². The highest BCUT2D eigenvalue weighted by molar-refractivity contribution is 5.91. The number of benzene rings is 1. The third-order valence-electron chi connectivity index (χ3n) is 4.01. The lowest BCUT2D eigenvalue weighted by Gasteiger charge is -2.16. The number of nitrogens with zero attached hydrogens (tertiary/aromatic N) is 1. The Balaban J connectivity index is 1.79.